The van der Waals surface area contributed by atoms with E-state index in [9.17, 15) is 4.79 Å². The second kappa shape index (κ2) is 7.65. The number of nitrogens with one attached hydrogen (secondary N) is 1. The van der Waals surface area contributed by atoms with E-state index in [4.69, 9.17) is 11.6 Å². The largest absolute Gasteiger partial charge is 0.356 e. The fourth-order valence-electron chi connectivity index (χ4n) is 2.65. The monoisotopic (exact) mass is 294 g/mol. The van der Waals surface area contributed by atoms with Crippen LogP contribution >= 0.6 is 11.6 Å². The third-order valence-electron chi connectivity index (χ3n) is 3.74. The molecule has 20 heavy (non-hydrogen) atoms. The van der Waals surface area contributed by atoms with E-state index in [-0.39, 0.29) is 11.8 Å². The van der Waals surface area contributed by atoms with Gasteiger partial charge in [-0.25, -0.2) is 0 Å². The van der Waals surface area contributed by atoms with E-state index in [1.807, 2.05) is 12.1 Å². The highest BCUT2D eigenvalue weighted by Gasteiger charge is 2.25. The Labute approximate surface area is 126 Å². The van der Waals surface area contributed by atoms with Crippen LogP contribution in [0.25, 0.3) is 0 Å². The Morgan fingerprint density at radius 1 is 1.40 bits per heavy atom. The van der Waals surface area contributed by atoms with Crippen molar-refractivity contribution in [3.05, 3.63) is 34.9 Å². The van der Waals surface area contributed by atoms with E-state index in [1.54, 1.807) is 0 Å². The summed E-state index contributed by atoms with van der Waals surface area (Å²) in [5.74, 6) is 0.357. The molecule has 0 bridgehead atoms. The number of piperidine rings is 1. The molecule has 2 rings (SSSR count). The number of halogens is 1. The van der Waals surface area contributed by atoms with Gasteiger partial charge < -0.3 is 5.32 Å². The maximum atomic E-state index is 12.0. The van der Waals surface area contributed by atoms with Crippen molar-refractivity contribution in [2.24, 2.45) is 5.92 Å². The van der Waals surface area contributed by atoms with E-state index in [0.29, 0.717) is 0 Å². The van der Waals surface area contributed by atoms with Crippen molar-refractivity contribution in [3.63, 3.8) is 0 Å². The summed E-state index contributed by atoms with van der Waals surface area (Å²) in [6.07, 6.45) is 3.09. The van der Waals surface area contributed by atoms with Gasteiger partial charge in [-0.3, -0.25) is 9.69 Å². The number of carbonyl (C=O) groups excluding carboxylic acids is 1. The van der Waals surface area contributed by atoms with Crippen molar-refractivity contribution >= 4 is 17.5 Å². The molecule has 1 heterocycles. The Bertz CT molecular complexity index is 433. The van der Waals surface area contributed by atoms with Gasteiger partial charge in [0, 0.05) is 24.7 Å². The first-order valence-electron chi connectivity index (χ1n) is 7.43. The second-order valence-corrected chi connectivity index (χ2v) is 5.93. The van der Waals surface area contributed by atoms with Crippen LogP contribution in [0, 0.1) is 5.92 Å². The molecule has 1 atom stereocenters. The molecule has 1 N–H and O–H groups in total. The van der Waals surface area contributed by atoms with Crippen LogP contribution in [-0.2, 0) is 11.3 Å². The molecule has 1 saturated heterocycles. The zero-order valence-corrected chi connectivity index (χ0v) is 12.8. The molecule has 1 aromatic carbocycles. The summed E-state index contributed by atoms with van der Waals surface area (Å²) < 4.78 is 0. The number of rotatable bonds is 5. The van der Waals surface area contributed by atoms with Crippen LogP contribution in [0.1, 0.15) is 31.7 Å². The quantitative estimate of drug-likeness (QED) is 0.905. The summed E-state index contributed by atoms with van der Waals surface area (Å²) in [7, 11) is 0. The number of hydrogen-bond acceptors (Lipinski definition) is 2. The summed E-state index contributed by atoms with van der Waals surface area (Å²) in [6.45, 7) is 5.69. The van der Waals surface area contributed by atoms with Crippen molar-refractivity contribution in [1.29, 1.82) is 0 Å². The van der Waals surface area contributed by atoms with Gasteiger partial charge in [-0.05, 0) is 43.5 Å². The van der Waals surface area contributed by atoms with Gasteiger partial charge in [0.2, 0.25) is 5.91 Å². The predicted octanol–water partition coefficient (Wildman–Crippen LogP) is 3.08. The number of benzene rings is 1. The minimum Gasteiger partial charge on any atom is -0.356 e. The van der Waals surface area contributed by atoms with Gasteiger partial charge in [-0.1, -0.05) is 30.7 Å². The maximum absolute atomic E-state index is 12.0. The Balaban J connectivity index is 1.86. The second-order valence-electron chi connectivity index (χ2n) is 5.49. The predicted molar refractivity (Wildman–Crippen MR) is 82.8 cm³/mol. The minimum absolute atomic E-state index is 0.141. The maximum Gasteiger partial charge on any atom is 0.224 e. The molecule has 1 aliphatic rings. The van der Waals surface area contributed by atoms with E-state index in [1.165, 1.54) is 5.56 Å². The van der Waals surface area contributed by atoms with Crippen LogP contribution in [0.4, 0.5) is 0 Å². The van der Waals surface area contributed by atoms with Crippen molar-refractivity contribution in [3.8, 4) is 0 Å². The molecule has 110 valence electrons. The zero-order valence-electron chi connectivity index (χ0n) is 12.1. The normalized spacial score (nSPS) is 19.8. The lowest BCUT2D eigenvalue weighted by molar-refractivity contribution is -0.126. The molecule has 4 heteroatoms. The average molecular weight is 295 g/mol. The SMILES string of the molecule is CCCNC(=O)[C@@H]1CCCN(Cc2ccc(Cl)cc2)C1. The molecule has 1 amide bonds. The highest BCUT2D eigenvalue weighted by molar-refractivity contribution is 6.30. The summed E-state index contributed by atoms with van der Waals surface area (Å²) in [4.78, 5) is 14.4. The van der Waals surface area contributed by atoms with Crippen LogP contribution in [0.15, 0.2) is 24.3 Å². The van der Waals surface area contributed by atoms with Crippen LogP contribution in [0.5, 0.6) is 0 Å². The van der Waals surface area contributed by atoms with Gasteiger partial charge in [0.1, 0.15) is 0 Å². The molecular weight excluding hydrogens is 272 g/mol. The fourth-order valence-corrected chi connectivity index (χ4v) is 2.78. The van der Waals surface area contributed by atoms with Gasteiger partial charge in [-0.15, -0.1) is 0 Å². The first-order valence-corrected chi connectivity index (χ1v) is 7.81. The average Bonchev–Trinajstić information content (AvgIpc) is 2.47. The lowest BCUT2D eigenvalue weighted by Gasteiger charge is -2.32. The standard InChI is InChI=1S/C16H23ClN2O/c1-2-9-18-16(20)14-4-3-10-19(12-14)11-13-5-7-15(17)8-6-13/h5-8,14H,2-4,9-12H2,1H3,(H,18,20)/t14-/m1/s1. The molecule has 0 radical (unpaired) electrons. The van der Waals surface area contributed by atoms with Gasteiger partial charge in [0.05, 0.1) is 5.92 Å². The van der Waals surface area contributed by atoms with Crippen LogP contribution in [0.3, 0.4) is 0 Å². The Kier molecular flexibility index (Phi) is 5.86. The van der Waals surface area contributed by atoms with E-state index < -0.39 is 0 Å². The van der Waals surface area contributed by atoms with Crippen molar-refractivity contribution in [1.82, 2.24) is 10.2 Å². The van der Waals surface area contributed by atoms with Crippen molar-refractivity contribution in [2.45, 2.75) is 32.7 Å². The molecule has 0 aromatic heterocycles. The van der Waals surface area contributed by atoms with Gasteiger partial charge in [0.15, 0.2) is 0 Å². The molecule has 1 aliphatic heterocycles. The molecule has 1 fully saturated rings. The van der Waals surface area contributed by atoms with Gasteiger partial charge in [0.25, 0.3) is 0 Å². The highest BCUT2D eigenvalue weighted by atomic mass is 35.5. The third kappa shape index (κ3) is 4.50. The smallest absolute Gasteiger partial charge is 0.224 e. The molecule has 0 unspecified atom stereocenters. The molecule has 0 spiro atoms. The van der Waals surface area contributed by atoms with Crippen molar-refractivity contribution in [2.75, 3.05) is 19.6 Å². The highest BCUT2D eigenvalue weighted by Crippen LogP contribution is 2.19. The van der Waals surface area contributed by atoms with Crippen LogP contribution in [0.2, 0.25) is 5.02 Å². The van der Waals surface area contributed by atoms with E-state index in [0.717, 1.165) is 50.5 Å². The Morgan fingerprint density at radius 3 is 2.85 bits per heavy atom. The minimum atomic E-state index is 0.141. The van der Waals surface area contributed by atoms with E-state index in [2.05, 4.69) is 29.3 Å². The van der Waals surface area contributed by atoms with Crippen LogP contribution < -0.4 is 5.32 Å². The number of likely N-dealkylation sites (tertiary alicyclic amines) is 1. The molecular formula is C16H23ClN2O. The molecule has 1 aromatic rings. The number of nitrogens with zero attached hydrogens (tertiary/aromatic N) is 1. The number of hydrogen-bond donors (Lipinski definition) is 1. The zero-order chi connectivity index (χ0) is 14.4. The molecule has 3 nitrogen and oxygen atoms in total. The topological polar surface area (TPSA) is 32.3 Å². The van der Waals surface area contributed by atoms with Gasteiger partial charge >= 0.3 is 0 Å². The first kappa shape index (κ1) is 15.3. The van der Waals surface area contributed by atoms with Crippen molar-refractivity contribution < 1.29 is 4.79 Å². The Hall–Kier alpha value is -1.06. The van der Waals surface area contributed by atoms with E-state index >= 15 is 0 Å². The summed E-state index contributed by atoms with van der Waals surface area (Å²) in [5, 5.41) is 3.78. The molecule has 0 saturated carbocycles. The summed E-state index contributed by atoms with van der Waals surface area (Å²) in [6, 6.07) is 7.96. The third-order valence-corrected chi connectivity index (χ3v) is 4.00. The Morgan fingerprint density at radius 2 is 2.15 bits per heavy atom. The fraction of sp³-hybridized carbons (Fsp3) is 0.562. The lowest BCUT2D eigenvalue weighted by atomic mass is 9.96. The summed E-state index contributed by atoms with van der Waals surface area (Å²) in [5.41, 5.74) is 1.25. The first-order chi connectivity index (χ1) is 9.69. The van der Waals surface area contributed by atoms with Crippen LogP contribution in [-0.4, -0.2) is 30.4 Å². The molecule has 0 aliphatic carbocycles. The summed E-state index contributed by atoms with van der Waals surface area (Å²) >= 11 is 5.90. The lowest BCUT2D eigenvalue weighted by Crippen LogP contribution is -2.42. The van der Waals surface area contributed by atoms with Gasteiger partial charge in [-0.2, -0.15) is 0 Å². The number of carbonyl (C=O) groups is 1. The number of amides is 1.